The molecular formula is C16H26N4O5SSi. The number of aromatic nitrogens is 3. The Balaban J connectivity index is 1.84. The molecule has 0 amide bonds. The minimum absolute atomic E-state index is 0.0621. The Kier molecular flexibility index (Phi) is 5.10. The van der Waals surface area contributed by atoms with Crippen LogP contribution in [-0.2, 0) is 9.16 Å². The van der Waals surface area contributed by atoms with Crippen LogP contribution in [0.1, 0.15) is 33.4 Å². The van der Waals surface area contributed by atoms with Gasteiger partial charge in [-0.2, -0.15) is 4.98 Å². The number of thiazole rings is 1. The fourth-order valence-electron chi connectivity index (χ4n) is 2.76. The summed E-state index contributed by atoms with van der Waals surface area (Å²) in [6.07, 6.45) is -1.84. The first-order valence-corrected chi connectivity index (χ1v) is 12.5. The van der Waals surface area contributed by atoms with Crippen molar-refractivity contribution >= 4 is 35.9 Å². The van der Waals surface area contributed by atoms with Gasteiger partial charge in [0.15, 0.2) is 20.2 Å². The van der Waals surface area contributed by atoms with Crippen LogP contribution in [0.2, 0.25) is 18.1 Å². The van der Waals surface area contributed by atoms with Gasteiger partial charge >= 0.3 is 4.87 Å². The average Bonchev–Trinajstić information content (AvgIpc) is 3.04. The fraction of sp³-hybridized carbons (Fsp3) is 0.688. The van der Waals surface area contributed by atoms with Crippen molar-refractivity contribution < 1.29 is 14.3 Å². The highest BCUT2D eigenvalue weighted by molar-refractivity contribution is 7.16. The maximum absolute atomic E-state index is 12.4. The minimum Gasteiger partial charge on any atom is -0.414 e. The molecule has 11 heteroatoms. The number of aliphatic hydroxyl groups excluding tert-OH is 1. The van der Waals surface area contributed by atoms with E-state index in [9.17, 15) is 14.7 Å². The van der Waals surface area contributed by atoms with Crippen LogP contribution >= 0.6 is 11.3 Å². The van der Waals surface area contributed by atoms with Gasteiger partial charge < -0.3 is 20.0 Å². The molecule has 4 N–H and O–H groups in total. The van der Waals surface area contributed by atoms with E-state index in [0.717, 1.165) is 11.3 Å². The summed E-state index contributed by atoms with van der Waals surface area (Å²) >= 11 is 0.755. The number of nitrogen functional groups attached to an aromatic ring is 1. The van der Waals surface area contributed by atoms with Gasteiger partial charge in [0.1, 0.15) is 10.8 Å². The summed E-state index contributed by atoms with van der Waals surface area (Å²) in [5, 5.41) is 10.5. The van der Waals surface area contributed by atoms with E-state index >= 15 is 0 Å². The molecule has 0 radical (unpaired) electrons. The molecule has 3 rings (SSSR count). The van der Waals surface area contributed by atoms with E-state index in [-0.39, 0.29) is 27.4 Å². The first-order valence-electron chi connectivity index (χ1n) is 8.79. The maximum atomic E-state index is 12.4. The summed E-state index contributed by atoms with van der Waals surface area (Å²) in [5.74, 6) is -0.0932. The van der Waals surface area contributed by atoms with Crippen molar-refractivity contribution in [2.75, 3.05) is 12.3 Å². The molecule has 1 aliphatic heterocycles. The molecule has 0 bridgehead atoms. The Morgan fingerprint density at radius 1 is 1.44 bits per heavy atom. The Hall–Kier alpha value is -1.53. The molecule has 3 heterocycles. The van der Waals surface area contributed by atoms with E-state index < -0.39 is 31.1 Å². The summed E-state index contributed by atoms with van der Waals surface area (Å²) in [6.45, 7) is 11.1. The number of nitrogens with one attached hydrogen (secondary N) is 1. The summed E-state index contributed by atoms with van der Waals surface area (Å²) in [5.41, 5.74) is 5.25. The van der Waals surface area contributed by atoms with Crippen molar-refractivity contribution in [2.24, 2.45) is 0 Å². The van der Waals surface area contributed by atoms with Gasteiger partial charge in [-0.05, 0) is 18.1 Å². The molecule has 9 nitrogen and oxygen atoms in total. The number of H-pyrrole nitrogens is 1. The maximum Gasteiger partial charge on any atom is 0.311 e. The highest BCUT2D eigenvalue weighted by atomic mass is 32.1. The van der Waals surface area contributed by atoms with Crippen LogP contribution in [0, 0.1) is 0 Å². The quantitative estimate of drug-likeness (QED) is 0.644. The van der Waals surface area contributed by atoms with E-state index in [4.69, 9.17) is 14.9 Å². The number of hydrogen-bond acceptors (Lipinski definition) is 8. The molecule has 0 saturated carbocycles. The zero-order valence-electron chi connectivity index (χ0n) is 16.1. The molecule has 1 fully saturated rings. The normalized spacial score (nSPS) is 24.0. The molecule has 3 unspecified atom stereocenters. The Morgan fingerprint density at radius 2 is 2.11 bits per heavy atom. The number of hydrogen-bond donors (Lipinski definition) is 3. The SMILES string of the molecule is CC(C)(C)[Si](C)(C)OCC1CC(O)C(n2c(=O)sc3c(=O)[nH]c(N)nc32)O1. The largest absolute Gasteiger partial charge is 0.414 e. The van der Waals surface area contributed by atoms with Crippen molar-refractivity contribution in [3.05, 3.63) is 20.0 Å². The molecule has 0 aromatic carbocycles. The van der Waals surface area contributed by atoms with Crippen LogP contribution in [0.15, 0.2) is 9.59 Å². The van der Waals surface area contributed by atoms with Gasteiger partial charge in [0.25, 0.3) is 5.56 Å². The molecule has 2 aromatic heterocycles. The fourth-order valence-corrected chi connectivity index (χ4v) is 4.64. The van der Waals surface area contributed by atoms with Crippen LogP contribution < -0.4 is 16.2 Å². The lowest BCUT2D eigenvalue weighted by molar-refractivity contribution is -0.0479. The standard InChI is InChI=1S/C16H26N4O5SSi/c1-16(2,3)27(4,5)24-7-8-6-9(21)13(25-8)20-11-10(26-15(20)23)12(22)19-14(17)18-11/h8-9,13,21H,6-7H2,1-5H3,(H3,17,18,19,22). The smallest absolute Gasteiger partial charge is 0.311 e. The number of fused-ring (bicyclic) bond motifs is 1. The van der Waals surface area contributed by atoms with Gasteiger partial charge in [-0.15, -0.1) is 0 Å². The van der Waals surface area contributed by atoms with Crippen LogP contribution in [0.5, 0.6) is 0 Å². The number of nitrogens with two attached hydrogens (primary N) is 1. The Labute approximate surface area is 161 Å². The zero-order chi connectivity index (χ0) is 20.1. The van der Waals surface area contributed by atoms with Gasteiger partial charge in [-0.3, -0.25) is 19.1 Å². The Bertz CT molecular complexity index is 960. The molecule has 1 saturated heterocycles. The lowest BCUT2D eigenvalue weighted by Crippen LogP contribution is -2.42. The molecule has 3 atom stereocenters. The summed E-state index contributed by atoms with van der Waals surface area (Å²) in [4.78, 5) is 30.4. The van der Waals surface area contributed by atoms with E-state index in [1.54, 1.807) is 0 Å². The van der Waals surface area contributed by atoms with Gasteiger partial charge in [0.05, 0.1) is 12.7 Å². The van der Waals surface area contributed by atoms with Crippen molar-refractivity contribution in [1.29, 1.82) is 0 Å². The number of anilines is 1. The number of aromatic amines is 1. The van der Waals surface area contributed by atoms with Crippen molar-refractivity contribution in [3.8, 4) is 0 Å². The monoisotopic (exact) mass is 414 g/mol. The lowest BCUT2D eigenvalue weighted by atomic mass is 10.2. The molecule has 150 valence electrons. The van der Waals surface area contributed by atoms with E-state index in [1.165, 1.54) is 4.57 Å². The first kappa shape index (κ1) is 20.2. The summed E-state index contributed by atoms with van der Waals surface area (Å²) in [6, 6.07) is 0. The number of ether oxygens (including phenoxy) is 1. The summed E-state index contributed by atoms with van der Waals surface area (Å²) < 4.78 is 13.5. The number of rotatable bonds is 4. The lowest BCUT2D eigenvalue weighted by Gasteiger charge is -2.36. The second kappa shape index (κ2) is 6.81. The highest BCUT2D eigenvalue weighted by Gasteiger charge is 2.41. The van der Waals surface area contributed by atoms with Crippen molar-refractivity contribution in [1.82, 2.24) is 14.5 Å². The van der Waals surface area contributed by atoms with Gasteiger partial charge in [0, 0.05) is 6.42 Å². The van der Waals surface area contributed by atoms with Crippen LogP contribution in [-0.4, -0.2) is 46.8 Å². The van der Waals surface area contributed by atoms with Gasteiger partial charge in [-0.1, -0.05) is 32.1 Å². The van der Waals surface area contributed by atoms with Crippen molar-refractivity contribution in [2.45, 2.75) is 63.8 Å². The molecule has 0 aliphatic carbocycles. The van der Waals surface area contributed by atoms with Crippen LogP contribution in [0.25, 0.3) is 10.3 Å². The van der Waals surface area contributed by atoms with E-state index in [1.807, 2.05) is 0 Å². The van der Waals surface area contributed by atoms with Crippen molar-refractivity contribution in [3.63, 3.8) is 0 Å². The average molecular weight is 415 g/mol. The third kappa shape index (κ3) is 3.74. The highest BCUT2D eigenvalue weighted by Crippen LogP contribution is 2.38. The minimum atomic E-state index is -1.95. The summed E-state index contributed by atoms with van der Waals surface area (Å²) in [7, 11) is -1.95. The topological polar surface area (TPSA) is 132 Å². The molecule has 2 aromatic rings. The second-order valence-corrected chi connectivity index (χ2v) is 14.1. The third-order valence-corrected chi connectivity index (χ3v) is 10.8. The predicted octanol–water partition coefficient (Wildman–Crippen LogP) is 1.40. The first-order chi connectivity index (χ1) is 12.4. The van der Waals surface area contributed by atoms with E-state index in [0.29, 0.717) is 13.0 Å². The van der Waals surface area contributed by atoms with Crippen LogP contribution in [0.4, 0.5) is 5.95 Å². The molecule has 27 heavy (non-hydrogen) atoms. The number of nitrogens with zero attached hydrogens (tertiary/aromatic N) is 2. The molecule has 1 aliphatic rings. The second-order valence-electron chi connectivity index (χ2n) is 8.36. The Morgan fingerprint density at radius 3 is 2.74 bits per heavy atom. The number of aliphatic hydroxyl groups is 1. The zero-order valence-corrected chi connectivity index (χ0v) is 17.9. The predicted molar refractivity (Wildman–Crippen MR) is 107 cm³/mol. The van der Waals surface area contributed by atoms with E-state index in [2.05, 4.69) is 43.8 Å². The molecular weight excluding hydrogens is 388 g/mol. The molecule has 0 spiro atoms. The van der Waals surface area contributed by atoms with Gasteiger partial charge in [0.2, 0.25) is 5.95 Å². The van der Waals surface area contributed by atoms with Gasteiger partial charge in [-0.25, -0.2) is 0 Å². The third-order valence-electron chi connectivity index (χ3n) is 5.35. The van der Waals surface area contributed by atoms with Crippen LogP contribution in [0.3, 0.4) is 0 Å².